The molecule has 1 heterocycles. The lowest BCUT2D eigenvalue weighted by atomic mass is 10.0. The molecule has 8 heteroatoms. The van der Waals surface area contributed by atoms with Crippen molar-refractivity contribution in [2.45, 2.75) is 20.8 Å². The van der Waals surface area contributed by atoms with Gasteiger partial charge in [0.2, 0.25) is 0 Å². The molecule has 1 fully saturated rings. The third-order valence-corrected chi connectivity index (χ3v) is 5.93. The first kappa shape index (κ1) is 18.1. The second-order valence-electron chi connectivity index (χ2n) is 5.34. The van der Waals surface area contributed by atoms with Crippen molar-refractivity contribution in [1.29, 1.82) is 0 Å². The highest BCUT2D eigenvalue weighted by molar-refractivity contribution is 8.26. The Hall–Kier alpha value is -1.22. The Morgan fingerprint density at radius 3 is 2.52 bits per heavy atom. The largest absolute Gasteiger partial charge is 0.748 e. The fraction of sp³-hybridized carbons (Fsp3) is 0.333. The molecule has 1 amide bonds. The summed E-state index contributed by atoms with van der Waals surface area (Å²) in [6.07, 6.45) is 0. The van der Waals surface area contributed by atoms with E-state index in [1.54, 1.807) is 0 Å². The molecule has 2 rings (SSSR count). The van der Waals surface area contributed by atoms with Crippen molar-refractivity contribution in [3.63, 3.8) is 0 Å². The van der Waals surface area contributed by atoms with E-state index in [4.69, 9.17) is 12.2 Å². The van der Waals surface area contributed by atoms with Gasteiger partial charge >= 0.3 is 0 Å². The van der Waals surface area contributed by atoms with Gasteiger partial charge in [0, 0.05) is 6.54 Å². The third kappa shape index (κ3) is 4.20. The molecule has 1 aromatic rings. The average Bonchev–Trinajstić information content (AvgIpc) is 2.73. The molecule has 0 radical (unpaired) electrons. The van der Waals surface area contributed by atoms with E-state index in [0.29, 0.717) is 4.91 Å². The Morgan fingerprint density at radius 1 is 1.30 bits per heavy atom. The van der Waals surface area contributed by atoms with E-state index in [1.807, 2.05) is 39.0 Å². The highest BCUT2D eigenvalue weighted by Gasteiger charge is 2.33. The molecular weight excluding hydrogens is 354 g/mol. The number of benzene rings is 1. The number of carbonyl (C=O) groups is 1. The van der Waals surface area contributed by atoms with Gasteiger partial charge in [-0.25, -0.2) is 8.42 Å². The Kier molecular flexibility index (Phi) is 5.30. The van der Waals surface area contributed by atoms with E-state index >= 15 is 0 Å². The van der Waals surface area contributed by atoms with Crippen molar-refractivity contribution in [3.8, 4) is 0 Å². The van der Waals surface area contributed by atoms with E-state index in [9.17, 15) is 17.8 Å². The summed E-state index contributed by atoms with van der Waals surface area (Å²) in [5, 5.41) is 0. The summed E-state index contributed by atoms with van der Waals surface area (Å²) in [4.78, 5) is 14.1. The summed E-state index contributed by atoms with van der Waals surface area (Å²) < 4.78 is 32.5. The van der Waals surface area contributed by atoms with Crippen LogP contribution in [0.15, 0.2) is 23.1 Å². The normalized spacial score (nSPS) is 17.8. The average molecular weight is 370 g/mol. The first-order valence-corrected chi connectivity index (χ1v) is 9.66. The quantitative estimate of drug-likeness (QED) is 0.460. The van der Waals surface area contributed by atoms with E-state index in [0.717, 1.165) is 34.0 Å². The number of carbonyl (C=O) groups excluding carboxylic acids is 1. The van der Waals surface area contributed by atoms with Crippen molar-refractivity contribution >= 4 is 49.9 Å². The van der Waals surface area contributed by atoms with Crippen LogP contribution >= 0.6 is 24.0 Å². The molecule has 1 aromatic carbocycles. The molecule has 0 aromatic heterocycles. The van der Waals surface area contributed by atoms with Gasteiger partial charge in [0.25, 0.3) is 5.91 Å². The maximum absolute atomic E-state index is 12.5. The Labute approximate surface area is 145 Å². The standard InChI is InChI=1S/C15H17NO4S3/c1-9-4-5-12(8-10(9)2)11(3)13-14(17)16(15(21)22-13)6-7-23(18,19)20/h4-5,8H,6-7H2,1-3H3,(H,18,19,20)/p-1/b13-11+. The number of aryl methyl sites for hydroxylation is 2. The SMILES string of the molecule is C/C(=C1\SC(=S)N(CCS(=O)(=O)[O-])C1=O)c1ccc(C)c(C)c1. The van der Waals surface area contributed by atoms with Gasteiger partial charge in [-0.15, -0.1) is 0 Å². The van der Waals surface area contributed by atoms with Crippen molar-refractivity contribution in [1.82, 2.24) is 4.90 Å². The van der Waals surface area contributed by atoms with Gasteiger partial charge < -0.3 is 4.55 Å². The smallest absolute Gasteiger partial charge is 0.266 e. The maximum Gasteiger partial charge on any atom is 0.266 e. The number of allylic oxidation sites excluding steroid dienone is 1. The minimum absolute atomic E-state index is 0.208. The lowest BCUT2D eigenvalue weighted by Crippen LogP contribution is -2.33. The van der Waals surface area contributed by atoms with Gasteiger partial charge in [0.15, 0.2) is 0 Å². The van der Waals surface area contributed by atoms with Gasteiger partial charge in [-0.2, -0.15) is 0 Å². The van der Waals surface area contributed by atoms with Crippen LogP contribution in [-0.2, 0) is 14.9 Å². The Bertz CT molecular complexity index is 812. The fourth-order valence-electron chi connectivity index (χ4n) is 2.13. The molecule has 23 heavy (non-hydrogen) atoms. The van der Waals surface area contributed by atoms with Crippen molar-refractivity contribution in [2.24, 2.45) is 0 Å². The summed E-state index contributed by atoms with van der Waals surface area (Å²) in [7, 11) is -4.39. The van der Waals surface area contributed by atoms with Crippen LogP contribution in [0.3, 0.4) is 0 Å². The van der Waals surface area contributed by atoms with Crippen LogP contribution in [0.2, 0.25) is 0 Å². The highest BCUT2D eigenvalue weighted by Crippen LogP contribution is 2.36. The first-order valence-electron chi connectivity index (χ1n) is 6.86. The van der Waals surface area contributed by atoms with Crippen LogP contribution in [0.4, 0.5) is 0 Å². The van der Waals surface area contributed by atoms with Crippen LogP contribution < -0.4 is 0 Å². The minimum atomic E-state index is -4.39. The number of hydrogen-bond acceptors (Lipinski definition) is 6. The zero-order valence-corrected chi connectivity index (χ0v) is 15.4. The lowest BCUT2D eigenvalue weighted by molar-refractivity contribution is -0.121. The molecule has 0 atom stereocenters. The Morgan fingerprint density at radius 2 is 1.96 bits per heavy atom. The Balaban J connectivity index is 2.31. The molecule has 5 nitrogen and oxygen atoms in total. The molecule has 124 valence electrons. The minimum Gasteiger partial charge on any atom is -0.748 e. The van der Waals surface area contributed by atoms with Gasteiger partial charge in [-0.1, -0.05) is 42.2 Å². The molecule has 0 saturated carbocycles. The molecular formula is C15H16NO4S3-. The molecule has 1 saturated heterocycles. The summed E-state index contributed by atoms with van der Waals surface area (Å²) in [6, 6.07) is 5.92. The van der Waals surface area contributed by atoms with Crippen molar-refractivity contribution < 1.29 is 17.8 Å². The molecule has 0 unspecified atom stereocenters. The van der Waals surface area contributed by atoms with E-state index in [1.165, 1.54) is 4.90 Å². The number of rotatable bonds is 4. The van der Waals surface area contributed by atoms with Crippen LogP contribution in [0, 0.1) is 13.8 Å². The molecule has 0 bridgehead atoms. The number of nitrogens with zero attached hydrogens (tertiary/aromatic N) is 1. The van der Waals surface area contributed by atoms with Gasteiger partial charge in [0.1, 0.15) is 4.32 Å². The first-order chi connectivity index (χ1) is 10.6. The molecule has 1 aliphatic heterocycles. The molecule has 1 aliphatic rings. The number of thioether (sulfide) groups is 1. The summed E-state index contributed by atoms with van der Waals surface area (Å²) in [5.74, 6) is -0.991. The van der Waals surface area contributed by atoms with E-state index in [-0.39, 0.29) is 16.8 Å². The fourth-order valence-corrected chi connectivity index (χ4v) is 3.89. The molecule has 0 aliphatic carbocycles. The van der Waals surface area contributed by atoms with Crippen LogP contribution in [0.5, 0.6) is 0 Å². The molecule has 0 spiro atoms. The summed E-state index contributed by atoms with van der Waals surface area (Å²) in [6.45, 7) is 5.63. The van der Waals surface area contributed by atoms with Crippen molar-refractivity contribution in [2.75, 3.05) is 12.3 Å². The zero-order valence-electron chi connectivity index (χ0n) is 13.0. The highest BCUT2D eigenvalue weighted by atomic mass is 32.2. The zero-order chi connectivity index (χ0) is 17.4. The maximum atomic E-state index is 12.5. The van der Waals surface area contributed by atoms with E-state index < -0.39 is 15.9 Å². The second-order valence-corrected chi connectivity index (χ2v) is 8.51. The van der Waals surface area contributed by atoms with Crippen LogP contribution in [0.1, 0.15) is 23.6 Å². The van der Waals surface area contributed by atoms with Crippen LogP contribution in [-0.4, -0.2) is 40.4 Å². The monoisotopic (exact) mass is 370 g/mol. The number of amides is 1. The van der Waals surface area contributed by atoms with Crippen LogP contribution in [0.25, 0.3) is 5.57 Å². The topological polar surface area (TPSA) is 77.5 Å². The summed E-state index contributed by atoms with van der Waals surface area (Å²) >= 11 is 6.27. The van der Waals surface area contributed by atoms with Gasteiger partial charge in [0.05, 0.1) is 20.8 Å². The lowest BCUT2D eigenvalue weighted by Gasteiger charge is -2.15. The van der Waals surface area contributed by atoms with Gasteiger partial charge in [-0.05, 0) is 43.0 Å². The molecule has 0 N–H and O–H groups in total. The number of thiocarbonyl (C=S) groups is 1. The van der Waals surface area contributed by atoms with Gasteiger partial charge in [-0.3, -0.25) is 9.69 Å². The van der Waals surface area contributed by atoms with E-state index in [2.05, 4.69) is 0 Å². The number of hydrogen-bond donors (Lipinski definition) is 0. The predicted octanol–water partition coefficient (Wildman–Crippen LogP) is 2.44. The second kappa shape index (κ2) is 6.72. The predicted molar refractivity (Wildman–Crippen MR) is 95.0 cm³/mol. The summed E-state index contributed by atoms with van der Waals surface area (Å²) in [5.41, 5.74) is 3.99. The van der Waals surface area contributed by atoms with Crippen molar-refractivity contribution in [3.05, 3.63) is 39.8 Å². The third-order valence-electron chi connectivity index (χ3n) is 3.69.